The number of aromatic nitrogens is 1. The zero-order chi connectivity index (χ0) is 19.3. The molecule has 2 atom stereocenters. The molecule has 0 aliphatic rings. The fourth-order valence-corrected chi connectivity index (χ4v) is 3.21. The summed E-state index contributed by atoms with van der Waals surface area (Å²) in [5.74, 6) is 0.911. The molecule has 0 aliphatic carbocycles. The zero-order valence-electron chi connectivity index (χ0n) is 15.8. The number of hydrogen-bond acceptors (Lipinski definition) is 5. The standard InChI is InChI=1S/C19H25N3O3S/c1-11-6-7-12(2)16(8-11)14(4)20-18(23)10-26-15(5)19(24)21-17-9-13(3)25-22-17/h6-9,14-15H,10H2,1-5H3,(H,20,23)(H,21,22,24). The lowest BCUT2D eigenvalue weighted by Crippen LogP contribution is -2.30. The number of nitrogens with one attached hydrogen (secondary N) is 2. The Kier molecular flexibility index (Phi) is 6.85. The van der Waals surface area contributed by atoms with Gasteiger partial charge in [-0.25, -0.2) is 0 Å². The van der Waals surface area contributed by atoms with E-state index in [1.807, 2.05) is 20.8 Å². The number of carbonyl (C=O) groups is 2. The minimum atomic E-state index is -0.381. The molecular formula is C19H25N3O3S. The van der Waals surface area contributed by atoms with Gasteiger partial charge in [-0.3, -0.25) is 9.59 Å². The highest BCUT2D eigenvalue weighted by atomic mass is 32.2. The molecule has 0 saturated heterocycles. The highest BCUT2D eigenvalue weighted by Gasteiger charge is 2.18. The van der Waals surface area contributed by atoms with Crippen molar-refractivity contribution in [3.63, 3.8) is 0 Å². The van der Waals surface area contributed by atoms with E-state index in [2.05, 4.69) is 34.0 Å². The Labute approximate surface area is 158 Å². The molecule has 2 amide bonds. The molecule has 1 aromatic heterocycles. The lowest BCUT2D eigenvalue weighted by molar-refractivity contribution is -0.119. The summed E-state index contributed by atoms with van der Waals surface area (Å²) in [6.45, 7) is 9.54. The maximum Gasteiger partial charge on any atom is 0.238 e. The van der Waals surface area contributed by atoms with Gasteiger partial charge in [0.25, 0.3) is 0 Å². The minimum absolute atomic E-state index is 0.0785. The van der Waals surface area contributed by atoms with Crippen LogP contribution in [-0.2, 0) is 9.59 Å². The molecule has 1 heterocycles. The van der Waals surface area contributed by atoms with Crippen molar-refractivity contribution in [2.24, 2.45) is 0 Å². The second-order valence-corrected chi connectivity index (χ2v) is 7.74. The van der Waals surface area contributed by atoms with Crippen molar-refractivity contribution in [3.8, 4) is 0 Å². The number of benzene rings is 1. The van der Waals surface area contributed by atoms with Crippen LogP contribution in [0.15, 0.2) is 28.8 Å². The number of hydrogen-bond donors (Lipinski definition) is 2. The quantitative estimate of drug-likeness (QED) is 0.773. The van der Waals surface area contributed by atoms with Crippen LogP contribution in [0.5, 0.6) is 0 Å². The molecule has 0 saturated carbocycles. The molecule has 2 unspecified atom stereocenters. The molecule has 2 N–H and O–H groups in total. The van der Waals surface area contributed by atoms with Gasteiger partial charge in [0.2, 0.25) is 11.8 Å². The van der Waals surface area contributed by atoms with Crippen LogP contribution in [0.1, 0.15) is 42.3 Å². The molecule has 0 radical (unpaired) electrons. The highest BCUT2D eigenvalue weighted by Crippen LogP contribution is 2.20. The Morgan fingerprint density at radius 1 is 1.19 bits per heavy atom. The predicted octanol–water partition coefficient (Wildman–Crippen LogP) is 3.54. The van der Waals surface area contributed by atoms with Crippen LogP contribution >= 0.6 is 11.8 Å². The van der Waals surface area contributed by atoms with Crippen molar-refractivity contribution in [1.29, 1.82) is 0 Å². The van der Waals surface area contributed by atoms with Crippen molar-refractivity contribution in [1.82, 2.24) is 10.5 Å². The molecule has 0 bridgehead atoms. The first-order valence-corrected chi connectivity index (χ1v) is 9.53. The number of thioether (sulfide) groups is 1. The third kappa shape index (κ3) is 5.62. The third-order valence-corrected chi connectivity index (χ3v) is 5.13. The van der Waals surface area contributed by atoms with Gasteiger partial charge in [-0.15, -0.1) is 11.8 Å². The summed E-state index contributed by atoms with van der Waals surface area (Å²) in [6.07, 6.45) is 0. The summed E-state index contributed by atoms with van der Waals surface area (Å²) in [7, 11) is 0. The summed E-state index contributed by atoms with van der Waals surface area (Å²) in [4.78, 5) is 24.3. The van der Waals surface area contributed by atoms with Gasteiger partial charge in [-0.2, -0.15) is 0 Å². The van der Waals surface area contributed by atoms with E-state index in [4.69, 9.17) is 4.52 Å². The normalized spacial score (nSPS) is 13.1. The van der Waals surface area contributed by atoms with Gasteiger partial charge in [0.15, 0.2) is 5.82 Å². The van der Waals surface area contributed by atoms with Gasteiger partial charge in [0.05, 0.1) is 17.0 Å². The highest BCUT2D eigenvalue weighted by molar-refractivity contribution is 8.01. The second kappa shape index (κ2) is 8.89. The van der Waals surface area contributed by atoms with Crippen LogP contribution in [0.4, 0.5) is 5.82 Å². The predicted molar refractivity (Wildman–Crippen MR) is 104 cm³/mol. The van der Waals surface area contributed by atoms with Crippen LogP contribution in [-0.4, -0.2) is 28.0 Å². The Balaban J connectivity index is 1.81. The van der Waals surface area contributed by atoms with Crippen molar-refractivity contribution < 1.29 is 14.1 Å². The lowest BCUT2D eigenvalue weighted by Gasteiger charge is -2.18. The van der Waals surface area contributed by atoms with E-state index in [1.165, 1.54) is 11.8 Å². The largest absolute Gasteiger partial charge is 0.360 e. The number of nitrogens with zero attached hydrogens (tertiary/aromatic N) is 1. The van der Waals surface area contributed by atoms with Gasteiger partial charge >= 0.3 is 0 Å². The molecule has 26 heavy (non-hydrogen) atoms. The lowest BCUT2D eigenvalue weighted by atomic mass is 10.00. The molecule has 2 aromatic rings. The summed E-state index contributed by atoms with van der Waals surface area (Å²) in [5, 5.41) is 9.01. The summed E-state index contributed by atoms with van der Waals surface area (Å²) < 4.78 is 4.91. The van der Waals surface area contributed by atoms with E-state index >= 15 is 0 Å². The van der Waals surface area contributed by atoms with Gasteiger partial charge in [0.1, 0.15) is 5.76 Å². The first-order valence-electron chi connectivity index (χ1n) is 8.48. The number of anilines is 1. The van der Waals surface area contributed by atoms with Gasteiger partial charge in [0, 0.05) is 6.07 Å². The smallest absolute Gasteiger partial charge is 0.238 e. The Morgan fingerprint density at radius 2 is 1.92 bits per heavy atom. The molecule has 0 spiro atoms. The summed E-state index contributed by atoms with van der Waals surface area (Å²) >= 11 is 1.28. The van der Waals surface area contributed by atoms with Crippen molar-refractivity contribution >= 4 is 29.4 Å². The summed E-state index contributed by atoms with van der Waals surface area (Å²) in [6, 6.07) is 7.77. The van der Waals surface area contributed by atoms with Crippen LogP contribution in [0, 0.1) is 20.8 Å². The van der Waals surface area contributed by atoms with E-state index in [-0.39, 0.29) is 28.9 Å². The Bertz CT molecular complexity index is 788. The van der Waals surface area contributed by atoms with Gasteiger partial charge in [-0.05, 0) is 45.7 Å². The maximum atomic E-state index is 12.2. The average Bonchev–Trinajstić information content (AvgIpc) is 2.99. The minimum Gasteiger partial charge on any atom is -0.360 e. The van der Waals surface area contributed by atoms with Crippen LogP contribution < -0.4 is 10.6 Å². The zero-order valence-corrected chi connectivity index (χ0v) is 16.6. The molecule has 6 nitrogen and oxygen atoms in total. The van der Waals surface area contributed by atoms with Crippen molar-refractivity contribution in [2.45, 2.75) is 45.9 Å². The van der Waals surface area contributed by atoms with E-state index in [0.29, 0.717) is 11.6 Å². The van der Waals surface area contributed by atoms with E-state index in [1.54, 1.807) is 19.9 Å². The number of amides is 2. The SMILES string of the molecule is Cc1ccc(C)c(C(C)NC(=O)CSC(C)C(=O)Nc2cc(C)on2)c1. The maximum absolute atomic E-state index is 12.2. The number of aryl methyl sites for hydroxylation is 3. The number of carbonyl (C=O) groups excluding carboxylic acids is 2. The van der Waals surface area contributed by atoms with Crippen molar-refractivity contribution in [2.75, 3.05) is 11.1 Å². The molecule has 140 valence electrons. The van der Waals surface area contributed by atoms with Crippen LogP contribution in [0.2, 0.25) is 0 Å². The second-order valence-electron chi connectivity index (χ2n) is 6.41. The molecule has 2 rings (SSSR count). The van der Waals surface area contributed by atoms with Crippen LogP contribution in [0.25, 0.3) is 0 Å². The Hall–Kier alpha value is -2.28. The molecular weight excluding hydrogens is 350 g/mol. The monoisotopic (exact) mass is 375 g/mol. The van der Waals surface area contributed by atoms with E-state index in [9.17, 15) is 9.59 Å². The first kappa shape index (κ1) is 20.0. The van der Waals surface area contributed by atoms with Gasteiger partial charge < -0.3 is 15.2 Å². The molecule has 1 aromatic carbocycles. The third-order valence-electron chi connectivity index (χ3n) is 3.99. The van der Waals surface area contributed by atoms with Crippen molar-refractivity contribution in [3.05, 3.63) is 46.7 Å². The Morgan fingerprint density at radius 3 is 2.58 bits per heavy atom. The first-order chi connectivity index (χ1) is 12.3. The fourth-order valence-electron chi connectivity index (χ4n) is 2.52. The molecule has 7 heteroatoms. The summed E-state index contributed by atoms with van der Waals surface area (Å²) in [5.41, 5.74) is 3.41. The molecule has 0 aliphatic heterocycles. The average molecular weight is 375 g/mol. The molecule has 0 fully saturated rings. The fraction of sp³-hybridized carbons (Fsp3) is 0.421. The van der Waals surface area contributed by atoms with E-state index in [0.717, 1.165) is 16.7 Å². The number of rotatable bonds is 7. The van der Waals surface area contributed by atoms with Gasteiger partial charge in [-0.1, -0.05) is 28.9 Å². The van der Waals surface area contributed by atoms with Crippen LogP contribution in [0.3, 0.4) is 0 Å². The van der Waals surface area contributed by atoms with E-state index < -0.39 is 0 Å². The topological polar surface area (TPSA) is 84.2 Å².